The lowest BCUT2D eigenvalue weighted by Gasteiger charge is -2.14. The molecule has 3 aromatic rings. The monoisotopic (exact) mass is 309 g/mol. The summed E-state index contributed by atoms with van der Waals surface area (Å²) in [5.74, 6) is 1.82. The molecule has 3 rings (SSSR count). The Kier molecular flexibility index (Phi) is 4.06. The molecule has 0 bridgehead atoms. The molecule has 0 aliphatic heterocycles. The Bertz CT molecular complexity index is 833. The fourth-order valence-electron chi connectivity index (χ4n) is 2.73. The van der Waals surface area contributed by atoms with Gasteiger partial charge in [-0.25, -0.2) is 4.98 Å². The van der Waals surface area contributed by atoms with Gasteiger partial charge in [-0.3, -0.25) is 0 Å². The average molecular weight is 309 g/mol. The largest absolute Gasteiger partial charge is 0.493 e. The van der Waals surface area contributed by atoms with E-state index in [4.69, 9.17) is 19.2 Å². The van der Waals surface area contributed by atoms with E-state index in [1.54, 1.807) is 21.3 Å². The number of ether oxygens (including phenoxy) is 3. The third-order valence-electron chi connectivity index (χ3n) is 3.88. The fourth-order valence-corrected chi connectivity index (χ4v) is 2.73. The number of methoxy groups -OCH3 is 3. The molecule has 118 valence electrons. The van der Waals surface area contributed by atoms with Crippen LogP contribution in [-0.2, 0) is 0 Å². The van der Waals surface area contributed by atoms with Gasteiger partial charge in [0.1, 0.15) is 0 Å². The van der Waals surface area contributed by atoms with Gasteiger partial charge in [0.25, 0.3) is 0 Å². The minimum Gasteiger partial charge on any atom is -0.493 e. The molecular weight excluding hydrogens is 290 g/mol. The maximum atomic E-state index is 5.43. The summed E-state index contributed by atoms with van der Waals surface area (Å²) in [6, 6.07) is 14.0. The average Bonchev–Trinajstić information content (AvgIpc) is 2.60. The summed E-state index contributed by atoms with van der Waals surface area (Å²) >= 11 is 0. The standard InChI is InChI=1S/C19H19NO3/c1-12-9-16(20-15-8-6-5-7-14(12)15)13-10-17(21-2)19(23-4)18(11-13)22-3/h5-11H,1-4H3. The Hall–Kier alpha value is -2.75. The quantitative estimate of drug-likeness (QED) is 0.723. The molecule has 1 aromatic heterocycles. The number of pyridine rings is 1. The van der Waals surface area contributed by atoms with E-state index >= 15 is 0 Å². The van der Waals surface area contributed by atoms with Crippen LogP contribution in [0.4, 0.5) is 0 Å². The molecule has 0 spiro atoms. The van der Waals surface area contributed by atoms with Gasteiger partial charge in [0, 0.05) is 10.9 Å². The SMILES string of the molecule is COc1cc(-c2cc(C)c3ccccc3n2)cc(OC)c1OC. The summed E-state index contributed by atoms with van der Waals surface area (Å²) in [7, 11) is 4.82. The summed E-state index contributed by atoms with van der Waals surface area (Å²) in [5, 5.41) is 1.16. The van der Waals surface area contributed by atoms with Crippen molar-refractivity contribution in [1.29, 1.82) is 0 Å². The van der Waals surface area contributed by atoms with E-state index in [1.165, 1.54) is 5.56 Å². The maximum Gasteiger partial charge on any atom is 0.203 e. The van der Waals surface area contributed by atoms with Gasteiger partial charge >= 0.3 is 0 Å². The van der Waals surface area contributed by atoms with E-state index in [9.17, 15) is 0 Å². The van der Waals surface area contributed by atoms with Crippen LogP contribution in [0.3, 0.4) is 0 Å². The number of benzene rings is 2. The number of aryl methyl sites for hydroxylation is 1. The molecule has 0 saturated carbocycles. The van der Waals surface area contributed by atoms with Crippen molar-refractivity contribution >= 4 is 10.9 Å². The molecule has 0 saturated heterocycles. The van der Waals surface area contributed by atoms with Crippen LogP contribution in [0.15, 0.2) is 42.5 Å². The molecule has 0 aliphatic carbocycles. The molecule has 0 amide bonds. The number of fused-ring (bicyclic) bond motifs is 1. The molecule has 0 fully saturated rings. The van der Waals surface area contributed by atoms with Crippen molar-refractivity contribution < 1.29 is 14.2 Å². The maximum absolute atomic E-state index is 5.43. The number of rotatable bonds is 4. The van der Waals surface area contributed by atoms with Crippen LogP contribution >= 0.6 is 0 Å². The number of hydrogen-bond acceptors (Lipinski definition) is 4. The van der Waals surface area contributed by atoms with Gasteiger partial charge in [-0.15, -0.1) is 0 Å². The smallest absolute Gasteiger partial charge is 0.203 e. The molecule has 0 N–H and O–H groups in total. The number of para-hydroxylation sites is 1. The number of hydrogen-bond donors (Lipinski definition) is 0. The highest BCUT2D eigenvalue weighted by Crippen LogP contribution is 2.41. The summed E-state index contributed by atoms with van der Waals surface area (Å²) in [4.78, 5) is 4.76. The predicted octanol–water partition coefficient (Wildman–Crippen LogP) is 4.24. The zero-order valence-corrected chi connectivity index (χ0v) is 13.7. The van der Waals surface area contributed by atoms with E-state index in [2.05, 4.69) is 19.1 Å². The minimum absolute atomic E-state index is 0.580. The Balaban J connectivity index is 2.22. The van der Waals surface area contributed by atoms with Crippen LogP contribution in [-0.4, -0.2) is 26.3 Å². The highest BCUT2D eigenvalue weighted by atomic mass is 16.5. The molecular formula is C19H19NO3. The van der Waals surface area contributed by atoms with Crippen molar-refractivity contribution in [3.63, 3.8) is 0 Å². The minimum atomic E-state index is 0.580. The number of aromatic nitrogens is 1. The Morgan fingerprint density at radius 2 is 1.48 bits per heavy atom. The van der Waals surface area contributed by atoms with Gasteiger partial charge in [0.2, 0.25) is 5.75 Å². The van der Waals surface area contributed by atoms with Crippen LogP contribution in [0.2, 0.25) is 0 Å². The van der Waals surface area contributed by atoms with Gasteiger partial charge in [-0.05, 0) is 36.8 Å². The van der Waals surface area contributed by atoms with E-state index in [1.807, 2.05) is 30.3 Å². The lowest BCUT2D eigenvalue weighted by atomic mass is 10.0. The Morgan fingerprint density at radius 1 is 0.826 bits per heavy atom. The molecule has 4 nitrogen and oxygen atoms in total. The lowest BCUT2D eigenvalue weighted by Crippen LogP contribution is -1.96. The van der Waals surface area contributed by atoms with E-state index in [0.29, 0.717) is 17.2 Å². The third kappa shape index (κ3) is 2.68. The molecule has 23 heavy (non-hydrogen) atoms. The molecule has 0 aliphatic rings. The van der Waals surface area contributed by atoms with Crippen molar-refractivity contribution in [3.05, 3.63) is 48.0 Å². The van der Waals surface area contributed by atoms with Crippen LogP contribution in [0.1, 0.15) is 5.56 Å². The normalized spacial score (nSPS) is 10.6. The van der Waals surface area contributed by atoms with Crippen LogP contribution in [0, 0.1) is 6.92 Å². The van der Waals surface area contributed by atoms with Crippen LogP contribution in [0.5, 0.6) is 17.2 Å². The molecule has 0 unspecified atom stereocenters. The number of nitrogens with zero attached hydrogens (tertiary/aromatic N) is 1. The summed E-state index contributed by atoms with van der Waals surface area (Å²) in [6.45, 7) is 2.09. The van der Waals surface area contributed by atoms with Crippen LogP contribution < -0.4 is 14.2 Å². The van der Waals surface area contributed by atoms with Gasteiger partial charge < -0.3 is 14.2 Å². The van der Waals surface area contributed by atoms with Crippen molar-refractivity contribution in [2.24, 2.45) is 0 Å². The zero-order chi connectivity index (χ0) is 16.4. The van der Waals surface area contributed by atoms with Gasteiger partial charge in [-0.2, -0.15) is 0 Å². The van der Waals surface area contributed by atoms with Crippen LogP contribution in [0.25, 0.3) is 22.2 Å². The lowest BCUT2D eigenvalue weighted by molar-refractivity contribution is 0.324. The van der Waals surface area contributed by atoms with E-state index < -0.39 is 0 Å². The second-order valence-corrected chi connectivity index (χ2v) is 5.26. The first kappa shape index (κ1) is 15.2. The summed E-state index contributed by atoms with van der Waals surface area (Å²) < 4.78 is 16.2. The summed E-state index contributed by atoms with van der Waals surface area (Å²) in [5.41, 5.74) is 3.95. The molecule has 0 radical (unpaired) electrons. The summed E-state index contributed by atoms with van der Waals surface area (Å²) in [6.07, 6.45) is 0. The second-order valence-electron chi connectivity index (χ2n) is 5.26. The molecule has 1 heterocycles. The predicted molar refractivity (Wildman–Crippen MR) is 91.6 cm³/mol. The Morgan fingerprint density at radius 3 is 2.09 bits per heavy atom. The second kappa shape index (κ2) is 6.16. The first-order valence-electron chi connectivity index (χ1n) is 7.34. The van der Waals surface area contributed by atoms with E-state index in [-0.39, 0.29) is 0 Å². The highest BCUT2D eigenvalue weighted by Gasteiger charge is 2.15. The molecule has 2 aromatic carbocycles. The first-order valence-corrected chi connectivity index (χ1v) is 7.34. The zero-order valence-electron chi connectivity index (χ0n) is 13.7. The Labute approximate surface area is 135 Å². The fraction of sp³-hybridized carbons (Fsp3) is 0.211. The van der Waals surface area contributed by atoms with Gasteiger partial charge in [0.05, 0.1) is 32.5 Å². The highest BCUT2D eigenvalue weighted by molar-refractivity contribution is 5.85. The topological polar surface area (TPSA) is 40.6 Å². The molecule has 0 atom stereocenters. The third-order valence-corrected chi connectivity index (χ3v) is 3.88. The van der Waals surface area contributed by atoms with Gasteiger partial charge in [-0.1, -0.05) is 18.2 Å². The van der Waals surface area contributed by atoms with Crippen molar-refractivity contribution in [2.75, 3.05) is 21.3 Å². The van der Waals surface area contributed by atoms with Crippen molar-refractivity contribution in [1.82, 2.24) is 4.98 Å². The van der Waals surface area contributed by atoms with Crippen molar-refractivity contribution in [3.8, 4) is 28.5 Å². The van der Waals surface area contributed by atoms with E-state index in [0.717, 1.165) is 22.2 Å². The van der Waals surface area contributed by atoms with Gasteiger partial charge in [0.15, 0.2) is 11.5 Å². The van der Waals surface area contributed by atoms with Crippen molar-refractivity contribution in [2.45, 2.75) is 6.92 Å². The molecule has 4 heteroatoms. The first-order chi connectivity index (χ1) is 11.2.